The lowest BCUT2D eigenvalue weighted by Crippen LogP contribution is -2.27. The molecular formula is C25H18Cl2N2O4S. The molecule has 9 heteroatoms. The number of nitrogens with zero attached hydrogens (tertiary/aromatic N) is 1. The van der Waals surface area contributed by atoms with E-state index in [0.29, 0.717) is 27.0 Å². The normalized spacial score (nSPS) is 14.5. The second-order valence-electron chi connectivity index (χ2n) is 7.28. The molecule has 0 atom stereocenters. The summed E-state index contributed by atoms with van der Waals surface area (Å²) in [6.45, 7) is -0.104. The van der Waals surface area contributed by atoms with Gasteiger partial charge in [0.15, 0.2) is 6.61 Å². The van der Waals surface area contributed by atoms with Crippen molar-refractivity contribution in [1.82, 2.24) is 4.90 Å². The quantitative estimate of drug-likeness (QED) is 0.378. The Labute approximate surface area is 210 Å². The molecule has 4 rings (SSSR count). The molecule has 0 aliphatic carbocycles. The molecule has 172 valence electrons. The number of rotatable bonds is 7. The van der Waals surface area contributed by atoms with Gasteiger partial charge in [-0.3, -0.25) is 19.3 Å². The highest BCUT2D eigenvalue weighted by atomic mass is 35.5. The Bertz CT molecular complexity index is 1260. The summed E-state index contributed by atoms with van der Waals surface area (Å²) in [6.07, 6.45) is 1.54. The number of thioether (sulfide) groups is 1. The van der Waals surface area contributed by atoms with Crippen molar-refractivity contribution in [3.8, 4) is 5.75 Å². The summed E-state index contributed by atoms with van der Waals surface area (Å²) in [4.78, 5) is 39.0. The van der Waals surface area contributed by atoms with E-state index in [-0.39, 0.29) is 29.2 Å². The van der Waals surface area contributed by atoms with Crippen LogP contribution in [0.1, 0.15) is 11.1 Å². The maximum Gasteiger partial charge on any atom is 0.293 e. The van der Waals surface area contributed by atoms with Gasteiger partial charge < -0.3 is 10.1 Å². The van der Waals surface area contributed by atoms with Crippen LogP contribution in [0, 0.1) is 0 Å². The van der Waals surface area contributed by atoms with Gasteiger partial charge in [0, 0.05) is 21.3 Å². The second kappa shape index (κ2) is 10.8. The largest absolute Gasteiger partial charge is 0.483 e. The van der Waals surface area contributed by atoms with Crippen molar-refractivity contribution in [2.45, 2.75) is 6.54 Å². The molecule has 0 bridgehead atoms. The number of anilines is 1. The number of benzene rings is 3. The molecule has 1 heterocycles. The van der Waals surface area contributed by atoms with Crippen molar-refractivity contribution >= 4 is 63.8 Å². The van der Waals surface area contributed by atoms with E-state index in [9.17, 15) is 14.4 Å². The van der Waals surface area contributed by atoms with E-state index in [1.807, 2.05) is 18.2 Å². The molecule has 1 saturated heterocycles. The van der Waals surface area contributed by atoms with Crippen LogP contribution in [-0.2, 0) is 16.1 Å². The molecule has 0 aromatic heterocycles. The summed E-state index contributed by atoms with van der Waals surface area (Å²) in [7, 11) is 0. The highest BCUT2D eigenvalue weighted by molar-refractivity contribution is 8.18. The zero-order valence-electron chi connectivity index (χ0n) is 17.7. The maximum absolute atomic E-state index is 12.9. The first-order chi connectivity index (χ1) is 16.4. The molecule has 1 fully saturated rings. The van der Waals surface area contributed by atoms with Crippen molar-refractivity contribution < 1.29 is 19.1 Å². The first-order valence-corrected chi connectivity index (χ1v) is 11.7. The number of ether oxygens (including phenoxy) is 1. The van der Waals surface area contributed by atoms with Gasteiger partial charge in [-0.15, -0.1) is 0 Å². The van der Waals surface area contributed by atoms with E-state index in [1.54, 1.807) is 60.7 Å². The number of nitrogens with one attached hydrogen (secondary N) is 1. The van der Waals surface area contributed by atoms with Crippen LogP contribution >= 0.6 is 35.0 Å². The third-order valence-electron chi connectivity index (χ3n) is 4.80. The summed E-state index contributed by atoms with van der Waals surface area (Å²) in [5.41, 5.74) is 1.92. The smallest absolute Gasteiger partial charge is 0.293 e. The van der Waals surface area contributed by atoms with Crippen LogP contribution in [0.2, 0.25) is 10.0 Å². The lowest BCUT2D eigenvalue weighted by atomic mass is 10.1. The predicted octanol–water partition coefficient (Wildman–Crippen LogP) is 6.25. The summed E-state index contributed by atoms with van der Waals surface area (Å²) >= 11 is 12.9. The van der Waals surface area contributed by atoms with Crippen molar-refractivity contribution in [2.75, 3.05) is 11.9 Å². The number of amides is 3. The van der Waals surface area contributed by atoms with Gasteiger partial charge in [0.05, 0.1) is 11.4 Å². The predicted molar refractivity (Wildman–Crippen MR) is 135 cm³/mol. The number of imide groups is 1. The first-order valence-electron chi connectivity index (χ1n) is 10.2. The van der Waals surface area contributed by atoms with Crippen LogP contribution in [0.15, 0.2) is 77.7 Å². The molecule has 0 saturated carbocycles. The van der Waals surface area contributed by atoms with Gasteiger partial charge in [0.1, 0.15) is 5.75 Å². The Balaban J connectivity index is 1.48. The molecule has 1 N–H and O–H groups in total. The Morgan fingerprint density at radius 2 is 1.68 bits per heavy atom. The third-order valence-corrected chi connectivity index (χ3v) is 6.20. The standard InChI is InChI=1S/C25H18Cl2N2O4S/c26-18-8-6-16(7-9-18)14-29-24(31)22(34-25(29)32)13-17-12-19(27)10-11-21(17)33-15-23(30)28-20-4-2-1-3-5-20/h1-13H,14-15H2,(H,28,30)/b22-13-. The molecule has 0 spiro atoms. The van der Waals surface area contributed by atoms with E-state index in [0.717, 1.165) is 22.2 Å². The van der Waals surface area contributed by atoms with Gasteiger partial charge >= 0.3 is 0 Å². The highest BCUT2D eigenvalue weighted by Gasteiger charge is 2.35. The van der Waals surface area contributed by atoms with E-state index in [2.05, 4.69) is 5.32 Å². The summed E-state index contributed by atoms with van der Waals surface area (Å²) < 4.78 is 5.69. The van der Waals surface area contributed by atoms with Crippen molar-refractivity contribution in [1.29, 1.82) is 0 Å². The molecule has 3 amide bonds. The van der Waals surface area contributed by atoms with Crippen molar-refractivity contribution in [3.63, 3.8) is 0 Å². The van der Waals surface area contributed by atoms with Crippen LogP contribution in [0.3, 0.4) is 0 Å². The fourth-order valence-electron chi connectivity index (χ4n) is 3.18. The van der Waals surface area contributed by atoms with Gasteiger partial charge in [-0.05, 0) is 65.9 Å². The summed E-state index contributed by atoms with van der Waals surface area (Å²) in [5.74, 6) is -0.398. The third kappa shape index (κ3) is 5.99. The van der Waals surface area contributed by atoms with Crippen LogP contribution in [0.5, 0.6) is 5.75 Å². The fourth-order valence-corrected chi connectivity index (χ4v) is 4.31. The van der Waals surface area contributed by atoms with Crippen LogP contribution in [0.4, 0.5) is 10.5 Å². The van der Waals surface area contributed by atoms with Crippen LogP contribution < -0.4 is 10.1 Å². The molecule has 0 unspecified atom stereocenters. The number of hydrogen-bond acceptors (Lipinski definition) is 5. The van der Waals surface area contributed by atoms with Gasteiger partial charge in [-0.2, -0.15) is 0 Å². The van der Waals surface area contributed by atoms with Gasteiger partial charge in [-0.25, -0.2) is 0 Å². The number of hydrogen-bond donors (Lipinski definition) is 1. The Hall–Kier alpha value is -3.26. The fraction of sp³-hybridized carbons (Fsp3) is 0.0800. The topological polar surface area (TPSA) is 75.7 Å². The highest BCUT2D eigenvalue weighted by Crippen LogP contribution is 2.35. The van der Waals surface area contributed by atoms with Gasteiger partial charge in [0.25, 0.3) is 17.1 Å². The zero-order valence-corrected chi connectivity index (χ0v) is 20.0. The monoisotopic (exact) mass is 512 g/mol. The van der Waals surface area contributed by atoms with E-state index < -0.39 is 5.91 Å². The van der Waals surface area contributed by atoms with Crippen molar-refractivity contribution in [3.05, 3.63) is 98.9 Å². The first kappa shape index (κ1) is 23.9. The molecule has 0 radical (unpaired) electrons. The number of para-hydroxylation sites is 1. The average molecular weight is 513 g/mol. The van der Waals surface area contributed by atoms with E-state index in [4.69, 9.17) is 27.9 Å². The Kier molecular flexibility index (Phi) is 7.57. The maximum atomic E-state index is 12.9. The molecule has 1 aliphatic heterocycles. The number of carbonyl (C=O) groups excluding carboxylic acids is 3. The van der Waals surface area contributed by atoms with Crippen molar-refractivity contribution in [2.24, 2.45) is 0 Å². The minimum atomic E-state index is -0.419. The molecule has 3 aromatic carbocycles. The lowest BCUT2D eigenvalue weighted by Gasteiger charge is -2.12. The number of halogens is 2. The SMILES string of the molecule is O=C(COc1ccc(Cl)cc1/C=C1\SC(=O)N(Cc2ccc(Cl)cc2)C1=O)Nc1ccccc1. The molecule has 1 aliphatic rings. The second-order valence-corrected chi connectivity index (χ2v) is 9.15. The Morgan fingerprint density at radius 1 is 0.971 bits per heavy atom. The molecular weight excluding hydrogens is 495 g/mol. The summed E-state index contributed by atoms with van der Waals surface area (Å²) in [5, 5.41) is 3.36. The lowest BCUT2D eigenvalue weighted by molar-refractivity contribution is -0.123. The average Bonchev–Trinajstić information content (AvgIpc) is 3.08. The van der Waals surface area contributed by atoms with Crippen LogP contribution in [0.25, 0.3) is 6.08 Å². The minimum absolute atomic E-state index is 0.137. The van der Waals surface area contributed by atoms with Gasteiger partial charge in [0.2, 0.25) is 0 Å². The van der Waals surface area contributed by atoms with Crippen LogP contribution in [-0.4, -0.2) is 28.6 Å². The molecule has 6 nitrogen and oxygen atoms in total. The van der Waals surface area contributed by atoms with E-state index in [1.165, 1.54) is 0 Å². The Morgan fingerprint density at radius 3 is 2.41 bits per heavy atom. The van der Waals surface area contributed by atoms with E-state index >= 15 is 0 Å². The number of carbonyl (C=O) groups is 3. The van der Waals surface area contributed by atoms with Gasteiger partial charge in [-0.1, -0.05) is 53.5 Å². The molecule has 3 aromatic rings. The summed E-state index contributed by atoms with van der Waals surface area (Å²) in [6, 6.07) is 20.8. The minimum Gasteiger partial charge on any atom is -0.483 e. The molecule has 34 heavy (non-hydrogen) atoms. The zero-order chi connectivity index (χ0) is 24.1.